The van der Waals surface area contributed by atoms with Crippen molar-refractivity contribution < 1.29 is 9.90 Å². The molecule has 0 spiro atoms. The summed E-state index contributed by atoms with van der Waals surface area (Å²) in [6.45, 7) is 0. The fourth-order valence-corrected chi connectivity index (χ4v) is 1.37. The minimum absolute atomic E-state index is 0.227. The first-order chi connectivity index (χ1) is 5.30. The molecule has 0 aromatic heterocycles. The third kappa shape index (κ3) is 2.74. The molecular formula is C9H14O2. The summed E-state index contributed by atoms with van der Waals surface area (Å²) >= 11 is 0. The summed E-state index contributed by atoms with van der Waals surface area (Å²) in [5.74, 6) is -0.904. The molecule has 2 nitrogen and oxygen atoms in total. The summed E-state index contributed by atoms with van der Waals surface area (Å²) in [6, 6.07) is 0. The van der Waals surface area contributed by atoms with Crippen LogP contribution in [0.15, 0.2) is 12.2 Å². The highest BCUT2D eigenvalue weighted by molar-refractivity contribution is 5.72. The number of carboxylic acid groups (broad SMARTS) is 1. The fourth-order valence-electron chi connectivity index (χ4n) is 1.37. The zero-order valence-corrected chi connectivity index (χ0v) is 6.62. The third-order valence-electron chi connectivity index (χ3n) is 2.07. The number of carboxylic acids is 1. The van der Waals surface area contributed by atoms with Crippen molar-refractivity contribution in [1.82, 2.24) is 0 Å². The molecule has 1 unspecified atom stereocenters. The quantitative estimate of drug-likeness (QED) is 0.588. The summed E-state index contributed by atoms with van der Waals surface area (Å²) in [5.41, 5.74) is 0. The number of rotatable bonds is 1. The zero-order chi connectivity index (χ0) is 8.10. The Bertz CT molecular complexity index is 161. The standard InChI is InChI=1S/C9H14O2/c10-9(11)8-6-4-2-1-3-5-7-8/h4,6,8H,1-3,5,7H2,(H,10,11)/b6-4-. The Kier molecular flexibility index (Phi) is 3.14. The molecule has 1 N–H and O–H groups in total. The van der Waals surface area contributed by atoms with Crippen molar-refractivity contribution >= 4 is 5.97 Å². The molecule has 0 fully saturated rings. The Labute approximate surface area is 66.9 Å². The Morgan fingerprint density at radius 2 is 2.18 bits per heavy atom. The molecule has 1 aliphatic rings. The molecule has 0 aromatic rings. The van der Waals surface area contributed by atoms with Gasteiger partial charge in [-0.25, -0.2) is 0 Å². The Hall–Kier alpha value is -0.790. The van der Waals surface area contributed by atoms with Crippen LogP contribution in [0.2, 0.25) is 0 Å². The summed E-state index contributed by atoms with van der Waals surface area (Å²) in [7, 11) is 0. The smallest absolute Gasteiger partial charge is 0.310 e. The van der Waals surface area contributed by atoms with Gasteiger partial charge in [0.15, 0.2) is 0 Å². The second-order valence-corrected chi connectivity index (χ2v) is 3.01. The van der Waals surface area contributed by atoms with Gasteiger partial charge in [-0.15, -0.1) is 0 Å². The highest BCUT2D eigenvalue weighted by Gasteiger charge is 2.13. The van der Waals surface area contributed by atoms with E-state index in [2.05, 4.69) is 0 Å². The second-order valence-electron chi connectivity index (χ2n) is 3.01. The van der Waals surface area contributed by atoms with Crippen LogP contribution < -0.4 is 0 Å². The molecule has 0 radical (unpaired) electrons. The SMILES string of the molecule is O=C(O)C1/C=C\CCCCC1. The van der Waals surface area contributed by atoms with Crippen LogP contribution in [0.4, 0.5) is 0 Å². The van der Waals surface area contributed by atoms with Gasteiger partial charge in [0.05, 0.1) is 5.92 Å². The Morgan fingerprint density at radius 3 is 2.91 bits per heavy atom. The van der Waals surface area contributed by atoms with Gasteiger partial charge in [-0.1, -0.05) is 25.0 Å². The lowest BCUT2D eigenvalue weighted by Gasteiger charge is -2.09. The molecule has 1 rings (SSSR count). The summed E-state index contributed by atoms with van der Waals surface area (Å²) in [5, 5.41) is 8.70. The maximum atomic E-state index is 10.6. The largest absolute Gasteiger partial charge is 0.481 e. The minimum Gasteiger partial charge on any atom is -0.481 e. The van der Waals surface area contributed by atoms with Crippen LogP contribution in [0.5, 0.6) is 0 Å². The predicted octanol–water partition coefficient (Wildman–Crippen LogP) is 2.21. The molecule has 0 saturated heterocycles. The maximum Gasteiger partial charge on any atom is 0.310 e. The molecule has 0 amide bonds. The minimum atomic E-state index is -0.678. The molecule has 1 aliphatic carbocycles. The summed E-state index contributed by atoms with van der Waals surface area (Å²) in [6.07, 6.45) is 9.13. The molecule has 2 heteroatoms. The van der Waals surface area contributed by atoms with Crippen LogP contribution in [-0.2, 0) is 4.79 Å². The van der Waals surface area contributed by atoms with E-state index in [9.17, 15) is 4.79 Å². The van der Waals surface area contributed by atoms with Crippen molar-refractivity contribution in [3.8, 4) is 0 Å². The van der Waals surface area contributed by atoms with Gasteiger partial charge < -0.3 is 5.11 Å². The molecular weight excluding hydrogens is 140 g/mol. The van der Waals surface area contributed by atoms with E-state index in [4.69, 9.17) is 5.11 Å². The number of aliphatic carboxylic acids is 1. The van der Waals surface area contributed by atoms with Crippen molar-refractivity contribution in [3.63, 3.8) is 0 Å². The lowest BCUT2D eigenvalue weighted by Crippen LogP contribution is -2.11. The fraction of sp³-hybridized carbons (Fsp3) is 0.667. The normalized spacial score (nSPS) is 28.5. The van der Waals surface area contributed by atoms with Crippen molar-refractivity contribution in [2.75, 3.05) is 0 Å². The van der Waals surface area contributed by atoms with Crippen LogP contribution in [0, 0.1) is 5.92 Å². The number of carbonyl (C=O) groups is 1. The van der Waals surface area contributed by atoms with Crippen molar-refractivity contribution in [2.45, 2.75) is 32.1 Å². The lowest BCUT2D eigenvalue weighted by molar-refractivity contribution is -0.140. The molecule has 0 heterocycles. The van der Waals surface area contributed by atoms with Gasteiger partial charge in [-0.2, -0.15) is 0 Å². The molecule has 1 atom stereocenters. The molecule has 0 aromatic carbocycles. The van der Waals surface area contributed by atoms with Gasteiger partial charge >= 0.3 is 5.97 Å². The van der Waals surface area contributed by atoms with E-state index in [0.29, 0.717) is 0 Å². The van der Waals surface area contributed by atoms with Gasteiger partial charge in [0.2, 0.25) is 0 Å². The summed E-state index contributed by atoms with van der Waals surface area (Å²) in [4.78, 5) is 10.6. The molecule has 0 bridgehead atoms. The van der Waals surface area contributed by atoms with E-state index < -0.39 is 5.97 Å². The average Bonchev–Trinajstić information content (AvgIpc) is 1.84. The highest BCUT2D eigenvalue weighted by atomic mass is 16.4. The van der Waals surface area contributed by atoms with Gasteiger partial charge in [0.1, 0.15) is 0 Å². The maximum absolute atomic E-state index is 10.6. The molecule has 0 saturated carbocycles. The number of hydrogen-bond donors (Lipinski definition) is 1. The Balaban J connectivity index is 2.48. The van der Waals surface area contributed by atoms with E-state index in [0.717, 1.165) is 19.3 Å². The van der Waals surface area contributed by atoms with Crippen LogP contribution in [0.1, 0.15) is 32.1 Å². The van der Waals surface area contributed by atoms with Crippen molar-refractivity contribution in [1.29, 1.82) is 0 Å². The molecule has 62 valence electrons. The first-order valence-corrected chi connectivity index (χ1v) is 4.20. The topological polar surface area (TPSA) is 37.3 Å². The van der Waals surface area contributed by atoms with E-state index in [1.807, 2.05) is 12.2 Å². The van der Waals surface area contributed by atoms with Crippen molar-refractivity contribution in [3.05, 3.63) is 12.2 Å². The average molecular weight is 154 g/mol. The third-order valence-corrected chi connectivity index (χ3v) is 2.07. The highest BCUT2D eigenvalue weighted by Crippen LogP contribution is 2.16. The zero-order valence-electron chi connectivity index (χ0n) is 6.62. The first-order valence-electron chi connectivity index (χ1n) is 4.20. The van der Waals surface area contributed by atoms with Gasteiger partial charge in [-0.3, -0.25) is 4.79 Å². The van der Waals surface area contributed by atoms with E-state index in [1.165, 1.54) is 12.8 Å². The van der Waals surface area contributed by atoms with Gasteiger partial charge in [0.25, 0.3) is 0 Å². The first kappa shape index (κ1) is 8.31. The van der Waals surface area contributed by atoms with Crippen LogP contribution in [0.25, 0.3) is 0 Å². The van der Waals surface area contributed by atoms with Crippen LogP contribution in [0.3, 0.4) is 0 Å². The van der Waals surface area contributed by atoms with Gasteiger partial charge in [-0.05, 0) is 19.3 Å². The number of hydrogen-bond acceptors (Lipinski definition) is 1. The van der Waals surface area contributed by atoms with Crippen LogP contribution >= 0.6 is 0 Å². The summed E-state index contributed by atoms with van der Waals surface area (Å²) < 4.78 is 0. The van der Waals surface area contributed by atoms with E-state index in [1.54, 1.807) is 0 Å². The van der Waals surface area contributed by atoms with E-state index >= 15 is 0 Å². The van der Waals surface area contributed by atoms with E-state index in [-0.39, 0.29) is 5.92 Å². The predicted molar refractivity (Wildman–Crippen MR) is 43.4 cm³/mol. The van der Waals surface area contributed by atoms with Gasteiger partial charge in [0, 0.05) is 0 Å². The lowest BCUT2D eigenvalue weighted by atomic mass is 9.97. The second kappa shape index (κ2) is 4.16. The molecule has 0 aliphatic heterocycles. The van der Waals surface area contributed by atoms with Crippen molar-refractivity contribution in [2.24, 2.45) is 5.92 Å². The van der Waals surface area contributed by atoms with Crippen LogP contribution in [-0.4, -0.2) is 11.1 Å². The Morgan fingerprint density at radius 1 is 1.36 bits per heavy atom. The number of allylic oxidation sites excluding steroid dienone is 1. The monoisotopic (exact) mass is 154 g/mol. The molecule has 11 heavy (non-hydrogen) atoms.